The number of nitrogens with two attached hydrogens (primary N) is 1. The fraction of sp³-hybridized carbons (Fsp3) is 0.583. The number of rotatable bonds is 1. The van der Waals surface area contributed by atoms with Crippen LogP contribution in [0.1, 0.15) is 42.8 Å². The van der Waals surface area contributed by atoms with Crippen LogP contribution in [0, 0.1) is 0 Å². The van der Waals surface area contributed by atoms with Crippen LogP contribution in [-0.4, -0.2) is 32.1 Å². The third-order valence-corrected chi connectivity index (χ3v) is 2.85. The molecule has 0 fully saturated rings. The normalized spacial score (nSPS) is 14.4. The number of ether oxygens (including phenoxy) is 1. The summed E-state index contributed by atoms with van der Waals surface area (Å²) in [5.41, 5.74) is 6.21. The summed E-state index contributed by atoms with van der Waals surface area (Å²) in [5.74, 6) is -0.352. The van der Waals surface area contributed by atoms with Gasteiger partial charge in [-0.1, -0.05) is 0 Å². The number of imidazole rings is 1. The van der Waals surface area contributed by atoms with Crippen LogP contribution in [-0.2, 0) is 24.9 Å². The van der Waals surface area contributed by atoms with Crippen molar-refractivity contribution in [2.24, 2.45) is 12.8 Å². The van der Waals surface area contributed by atoms with Gasteiger partial charge in [-0.05, 0) is 20.8 Å². The summed E-state index contributed by atoms with van der Waals surface area (Å²) in [6, 6.07) is 0. The highest BCUT2D eigenvalue weighted by atomic mass is 16.6. The van der Waals surface area contributed by atoms with Crippen molar-refractivity contribution in [2.75, 3.05) is 0 Å². The molecule has 2 N–H and O–H groups in total. The number of amides is 2. The predicted octanol–water partition coefficient (Wildman–Crippen LogP) is 0.770. The standard InChI is InChI=1S/C12H18N4O3/c1-12(2,3)19-11(18)16-5-7-8(6-16)15(4)10(14-7)9(13)17/h5-6H2,1-4H3,(H2,13,17). The monoisotopic (exact) mass is 266 g/mol. The first-order valence-corrected chi connectivity index (χ1v) is 6.01. The van der Waals surface area contributed by atoms with E-state index in [1.54, 1.807) is 16.5 Å². The minimum atomic E-state index is -0.569. The van der Waals surface area contributed by atoms with Crippen LogP contribution in [0.3, 0.4) is 0 Å². The quantitative estimate of drug-likeness (QED) is 0.812. The summed E-state index contributed by atoms with van der Waals surface area (Å²) < 4.78 is 6.93. The highest BCUT2D eigenvalue weighted by Gasteiger charge is 2.32. The molecule has 0 spiro atoms. The number of primary amides is 1. The van der Waals surface area contributed by atoms with Crippen molar-refractivity contribution in [2.45, 2.75) is 39.5 Å². The van der Waals surface area contributed by atoms with E-state index in [0.717, 1.165) is 5.69 Å². The lowest BCUT2D eigenvalue weighted by Crippen LogP contribution is -2.34. The zero-order valence-corrected chi connectivity index (χ0v) is 11.6. The third-order valence-electron chi connectivity index (χ3n) is 2.85. The number of carbonyl (C=O) groups is 2. The molecule has 2 rings (SSSR count). The highest BCUT2D eigenvalue weighted by Crippen LogP contribution is 2.24. The van der Waals surface area contributed by atoms with Crippen molar-refractivity contribution in [1.82, 2.24) is 14.5 Å². The Kier molecular flexibility index (Phi) is 3.00. The molecule has 2 heterocycles. The van der Waals surface area contributed by atoms with E-state index >= 15 is 0 Å². The van der Waals surface area contributed by atoms with Crippen LogP contribution in [0.4, 0.5) is 4.79 Å². The molecule has 0 aliphatic carbocycles. The van der Waals surface area contributed by atoms with Crippen LogP contribution in [0.25, 0.3) is 0 Å². The Hall–Kier alpha value is -2.05. The van der Waals surface area contributed by atoms with Crippen molar-refractivity contribution in [3.05, 3.63) is 17.2 Å². The van der Waals surface area contributed by atoms with Crippen LogP contribution in [0.5, 0.6) is 0 Å². The molecule has 1 aliphatic rings. The molecule has 1 aromatic rings. The van der Waals surface area contributed by atoms with E-state index in [0.29, 0.717) is 18.8 Å². The zero-order chi connectivity index (χ0) is 14.4. The van der Waals surface area contributed by atoms with Gasteiger partial charge in [0.1, 0.15) is 5.60 Å². The Morgan fingerprint density at radius 3 is 2.42 bits per heavy atom. The second-order valence-corrected chi connectivity index (χ2v) is 5.59. The van der Waals surface area contributed by atoms with Crippen molar-refractivity contribution in [1.29, 1.82) is 0 Å². The average Bonchev–Trinajstić information content (AvgIpc) is 2.76. The number of fused-ring (bicyclic) bond motifs is 1. The van der Waals surface area contributed by atoms with E-state index in [1.807, 2.05) is 20.8 Å². The highest BCUT2D eigenvalue weighted by molar-refractivity contribution is 5.89. The predicted molar refractivity (Wildman–Crippen MR) is 67.2 cm³/mol. The van der Waals surface area contributed by atoms with Crippen molar-refractivity contribution in [3.8, 4) is 0 Å². The first-order valence-electron chi connectivity index (χ1n) is 6.01. The molecule has 2 amide bonds. The van der Waals surface area contributed by atoms with E-state index in [2.05, 4.69) is 4.98 Å². The maximum atomic E-state index is 11.9. The number of hydrogen-bond donors (Lipinski definition) is 1. The van der Waals surface area contributed by atoms with Gasteiger partial charge in [0, 0.05) is 7.05 Å². The van der Waals surface area contributed by atoms with E-state index in [9.17, 15) is 9.59 Å². The Balaban J connectivity index is 2.14. The molecule has 1 aromatic heterocycles. The molecule has 19 heavy (non-hydrogen) atoms. The Morgan fingerprint density at radius 2 is 1.95 bits per heavy atom. The molecule has 0 saturated heterocycles. The number of aromatic nitrogens is 2. The molecule has 0 saturated carbocycles. The molecule has 0 aromatic carbocycles. The largest absolute Gasteiger partial charge is 0.444 e. The van der Waals surface area contributed by atoms with Gasteiger partial charge in [-0.15, -0.1) is 0 Å². The van der Waals surface area contributed by atoms with Gasteiger partial charge in [-0.3, -0.25) is 9.69 Å². The lowest BCUT2D eigenvalue weighted by atomic mass is 10.2. The van der Waals surface area contributed by atoms with Crippen LogP contribution >= 0.6 is 0 Å². The van der Waals surface area contributed by atoms with Gasteiger partial charge in [0.25, 0.3) is 5.91 Å². The summed E-state index contributed by atoms with van der Waals surface area (Å²) >= 11 is 0. The van der Waals surface area contributed by atoms with Gasteiger partial charge in [0.05, 0.1) is 24.5 Å². The number of carbonyl (C=O) groups excluding carboxylic acids is 2. The molecule has 7 nitrogen and oxygen atoms in total. The molecular weight excluding hydrogens is 248 g/mol. The molecule has 0 radical (unpaired) electrons. The van der Waals surface area contributed by atoms with Crippen molar-refractivity contribution < 1.29 is 14.3 Å². The fourth-order valence-electron chi connectivity index (χ4n) is 2.01. The molecule has 0 atom stereocenters. The number of hydrogen-bond acceptors (Lipinski definition) is 4. The van der Waals surface area contributed by atoms with Crippen LogP contribution < -0.4 is 5.73 Å². The summed E-state index contributed by atoms with van der Waals surface area (Å²) in [5, 5.41) is 0. The van der Waals surface area contributed by atoms with E-state index in [4.69, 9.17) is 10.5 Å². The van der Waals surface area contributed by atoms with Gasteiger partial charge in [-0.25, -0.2) is 9.78 Å². The minimum Gasteiger partial charge on any atom is -0.444 e. The zero-order valence-electron chi connectivity index (χ0n) is 11.6. The van der Waals surface area contributed by atoms with Gasteiger partial charge in [-0.2, -0.15) is 0 Å². The Morgan fingerprint density at radius 1 is 1.32 bits per heavy atom. The molecule has 0 bridgehead atoms. The van der Waals surface area contributed by atoms with E-state index < -0.39 is 11.5 Å². The lowest BCUT2D eigenvalue weighted by molar-refractivity contribution is 0.0237. The molecule has 104 valence electrons. The summed E-state index contributed by atoms with van der Waals surface area (Å²) in [6.45, 7) is 6.17. The second kappa shape index (κ2) is 4.25. The van der Waals surface area contributed by atoms with Gasteiger partial charge >= 0.3 is 6.09 Å². The topological polar surface area (TPSA) is 90.5 Å². The number of nitrogens with zero attached hydrogens (tertiary/aromatic N) is 3. The SMILES string of the molecule is Cn1c(C(N)=O)nc2c1CN(C(=O)OC(C)(C)C)C2. The fourth-order valence-corrected chi connectivity index (χ4v) is 2.01. The van der Waals surface area contributed by atoms with Crippen molar-refractivity contribution >= 4 is 12.0 Å². The molecular formula is C12H18N4O3. The van der Waals surface area contributed by atoms with E-state index in [-0.39, 0.29) is 11.9 Å². The first kappa shape index (κ1) is 13.4. The minimum absolute atomic E-state index is 0.217. The van der Waals surface area contributed by atoms with Crippen LogP contribution in [0.15, 0.2) is 0 Å². The summed E-state index contributed by atoms with van der Waals surface area (Å²) in [4.78, 5) is 28.8. The smallest absolute Gasteiger partial charge is 0.410 e. The van der Waals surface area contributed by atoms with Gasteiger partial charge in [0.2, 0.25) is 0 Å². The van der Waals surface area contributed by atoms with Crippen LogP contribution in [0.2, 0.25) is 0 Å². The van der Waals surface area contributed by atoms with Gasteiger partial charge < -0.3 is 15.0 Å². The average molecular weight is 266 g/mol. The third kappa shape index (κ3) is 2.54. The Labute approximate surface area is 111 Å². The summed E-state index contributed by atoms with van der Waals surface area (Å²) in [6.07, 6.45) is -0.383. The summed E-state index contributed by atoms with van der Waals surface area (Å²) in [7, 11) is 1.71. The van der Waals surface area contributed by atoms with Crippen molar-refractivity contribution in [3.63, 3.8) is 0 Å². The molecule has 0 unspecified atom stereocenters. The van der Waals surface area contributed by atoms with E-state index in [1.165, 1.54) is 0 Å². The second-order valence-electron chi connectivity index (χ2n) is 5.59. The molecule has 7 heteroatoms. The maximum Gasteiger partial charge on any atom is 0.410 e. The maximum absolute atomic E-state index is 11.9. The first-order chi connectivity index (χ1) is 8.69. The van der Waals surface area contributed by atoms with Gasteiger partial charge in [0.15, 0.2) is 5.82 Å². The lowest BCUT2D eigenvalue weighted by Gasteiger charge is -2.24. The Bertz CT molecular complexity index is 542. The molecule has 1 aliphatic heterocycles.